The Kier molecular flexibility index (Phi) is 10.6. The molecule has 13 nitrogen and oxygen atoms in total. The number of rotatable bonds is 12. The van der Waals surface area contributed by atoms with Gasteiger partial charge in [0.15, 0.2) is 17.3 Å². The standard InChI is InChI=1S/C49H46N4O9/c1-28-16-35-33(22-42(54)40-20-31-10-5-7-12-38(31)52(40)48(35)57)23-43(28)61-26-29-17-30(19-34(18-29)51(2)15-9-14-46(55)60-4)27-62-45-25-37-36(24-44(45)59-3)49(58)53-39-13-8-6-11-32(39)21-41(53)47(56)50-37/h5-8,10-13,16-19,23-25,40-41H,9,14-15,20-22,26-27H2,1-4H3,(H,50,56)/t40-,41-/m0/s1. The molecule has 0 saturated carbocycles. The molecule has 0 saturated heterocycles. The number of carbonyl (C=O) groups excluding carboxylic acids is 5. The van der Waals surface area contributed by atoms with Crippen molar-refractivity contribution >= 4 is 52.2 Å². The lowest BCUT2D eigenvalue weighted by Gasteiger charge is -2.23. The fraction of sp³-hybridized carbons (Fsp3) is 0.286. The Morgan fingerprint density at radius 3 is 2.03 bits per heavy atom. The van der Waals surface area contributed by atoms with Crippen LogP contribution in [-0.2, 0) is 51.6 Å². The van der Waals surface area contributed by atoms with Crippen LogP contribution in [0.3, 0.4) is 0 Å². The summed E-state index contributed by atoms with van der Waals surface area (Å²) in [7, 11) is 4.81. The molecule has 62 heavy (non-hydrogen) atoms. The van der Waals surface area contributed by atoms with Gasteiger partial charge in [-0.05, 0) is 95.3 Å². The van der Waals surface area contributed by atoms with Crippen LogP contribution in [0.1, 0.15) is 66.9 Å². The summed E-state index contributed by atoms with van der Waals surface area (Å²) in [5.41, 5.74) is 8.44. The van der Waals surface area contributed by atoms with Gasteiger partial charge in [0.1, 0.15) is 31.0 Å². The maximum Gasteiger partial charge on any atom is 0.305 e. The topological polar surface area (TPSA) is 144 Å². The highest BCUT2D eigenvalue weighted by Crippen LogP contribution is 2.42. The third-order valence-electron chi connectivity index (χ3n) is 12.2. The number of ether oxygens (including phenoxy) is 4. The Balaban J connectivity index is 0.972. The number of aryl methyl sites for hydroxylation is 1. The first-order valence-corrected chi connectivity index (χ1v) is 20.7. The van der Waals surface area contributed by atoms with E-state index in [1.165, 1.54) is 14.2 Å². The molecular weight excluding hydrogens is 789 g/mol. The molecule has 9 rings (SSSR count). The normalized spacial score (nSPS) is 17.1. The maximum absolute atomic E-state index is 14.0. The van der Waals surface area contributed by atoms with Crippen LogP contribution in [0.4, 0.5) is 22.7 Å². The predicted octanol–water partition coefficient (Wildman–Crippen LogP) is 6.77. The van der Waals surface area contributed by atoms with E-state index in [9.17, 15) is 24.0 Å². The van der Waals surface area contributed by atoms with Gasteiger partial charge in [-0.2, -0.15) is 0 Å². The predicted molar refractivity (Wildman–Crippen MR) is 233 cm³/mol. The Hall–Kier alpha value is -7.15. The summed E-state index contributed by atoms with van der Waals surface area (Å²) in [4.78, 5) is 72.2. The van der Waals surface area contributed by atoms with Gasteiger partial charge in [0.05, 0.1) is 25.5 Å². The fourth-order valence-electron chi connectivity index (χ4n) is 9.01. The Morgan fingerprint density at radius 1 is 0.726 bits per heavy atom. The van der Waals surface area contributed by atoms with Gasteiger partial charge in [-0.3, -0.25) is 33.8 Å². The lowest BCUT2D eigenvalue weighted by molar-refractivity contribution is -0.140. The number of methoxy groups -OCH3 is 2. The number of nitrogens with zero attached hydrogens (tertiary/aromatic N) is 3. The minimum absolute atomic E-state index is 0.0121. The summed E-state index contributed by atoms with van der Waals surface area (Å²) < 4.78 is 23.4. The number of amides is 3. The van der Waals surface area contributed by atoms with Crippen LogP contribution >= 0.6 is 0 Å². The average Bonchev–Trinajstić information content (AvgIpc) is 3.82. The molecule has 0 aliphatic carbocycles. The van der Waals surface area contributed by atoms with Gasteiger partial charge in [-0.25, -0.2) is 0 Å². The van der Waals surface area contributed by atoms with E-state index in [0.717, 1.165) is 39.2 Å². The average molecular weight is 835 g/mol. The molecule has 5 aromatic carbocycles. The minimum Gasteiger partial charge on any atom is -0.493 e. The number of Topliss-reactive ketones (excluding diaryl/α,β-unsaturated/α-hetero) is 1. The zero-order valence-electron chi connectivity index (χ0n) is 35.0. The Labute approximate surface area is 359 Å². The van der Waals surface area contributed by atoms with Crippen LogP contribution in [0.15, 0.2) is 91.0 Å². The molecule has 5 aromatic rings. The van der Waals surface area contributed by atoms with Gasteiger partial charge < -0.3 is 29.2 Å². The number of fused-ring (bicyclic) bond motifs is 8. The maximum atomic E-state index is 14.0. The van der Waals surface area contributed by atoms with E-state index in [-0.39, 0.29) is 55.5 Å². The molecule has 0 spiro atoms. The zero-order chi connectivity index (χ0) is 43.2. The van der Waals surface area contributed by atoms with Crippen LogP contribution in [-0.4, -0.2) is 69.4 Å². The van der Waals surface area contributed by atoms with Gasteiger partial charge in [0, 0.05) is 68.0 Å². The van der Waals surface area contributed by atoms with E-state index in [4.69, 9.17) is 18.9 Å². The van der Waals surface area contributed by atoms with Gasteiger partial charge in [-0.15, -0.1) is 0 Å². The number of nitrogens with one attached hydrogen (secondary N) is 1. The zero-order valence-corrected chi connectivity index (χ0v) is 35.0. The van der Waals surface area contributed by atoms with Crippen molar-refractivity contribution in [1.29, 1.82) is 0 Å². The van der Waals surface area contributed by atoms with Crippen molar-refractivity contribution in [2.24, 2.45) is 0 Å². The second-order valence-corrected chi connectivity index (χ2v) is 16.2. The summed E-state index contributed by atoms with van der Waals surface area (Å²) >= 11 is 0. The molecule has 0 radical (unpaired) electrons. The largest absolute Gasteiger partial charge is 0.493 e. The number of benzene rings is 5. The SMILES string of the molecule is COC(=O)CCCN(C)c1cc(COc2cc3c(cc2C)C(=O)N2c4ccccc4C[C@H]2C(=O)C3)cc(COc2cc3c(cc2OC)C(=O)N2c4ccccc4C[C@H]2C(=O)N3)c1. The van der Waals surface area contributed by atoms with Crippen molar-refractivity contribution < 1.29 is 42.9 Å². The Bertz CT molecular complexity index is 2680. The Morgan fingerprint density at radius 2 is 1.35 bits per heavy atom. The van der Waals surface area contributed by atoms with Crippen molar-refractivity contribution in [1.82, 2.24) is 0 Å². The van der Waals surface area contributed by atoms with Crippen molar-refractivity contribution in [2.45, 2.75) is 64.3 Å². The molecule has 13 heteroatoms. The van der Waals surface area contributed by atoms with Crippen LogP contribution in [0.5, 0.6) is 17.2 Å². The summed E-state index contributed by atoms with van der Waals surface area (Å²) in [6.07, 6.45) is 1.89. The van der Waals surface area contributed by atoms with E-state index in [2.05, 4.69) is 5.32 Å². The van der Waals surface area contributed by atoms with Gasteiger partial charge in [-0.1, -0.05) is 36.4 Å². The fourth-order valence-corrected chi connectivity index (χ4v) is 9.01. The smallest absolute Gasteiger partial charge is 0.305 e. The lowest BCUT2D eigenvalue weighted by Crippen LogP contribution is -2.42. The molecule has 4 aliphatic heterocycles. The van der Waals surface area contributed by atoms with E-state index in [1.54, 1.807) is 21.9 Å². The molecule has 0 unspecified atom stereocenters. The number of esters is 1. The number of ketones is 1. The first-order valence-electron chi connectivity index (χ1n) is 20.7. The molecule has 0 aromatic heterocycles. The molecule has 1 N–H and O–H groups in total. The molecule has 4 aliphatic rings. The van der Waals surface area contributed by atoms with Gasteiger partial charge in [0.25, 0.3) is 11.8 Å². The van der Waals surface area contributed by atoms with E-state index >= 15 is 0 Å². The highest BCUT2D eigenvalue weighted by Gasteiger charge is 2.43. The summed E-state index contributed by atoms with van der Waals surface area (Å²) in [6, 6.07) is 26.8. The number of carbonyl (C=O) groups is 5. The van der Waals surface area contributed by atoms with E-state index in [1.807, 2.05) is 97.7 Å². The second kappa shape index (κ2) is 16.4. The number of anilines is 4. The second-order valence-electron chi connectivity index (χ2n) is 16.2. The highest BCUT2D eigenvalue weighted by molar-refractivity contribution is 6.20. The first kappa shape index (κ1) is 40.3. The van der Waals surface area contributed by atoms with Crippen molar-refractivity contribution in [2.75, 3.05) is 47.8 Å². The molecule has 3 amide bonds. The van der Waals surface area contributed by atoms with E-state index in [0.29, 0.717) is 71.1 Å². The molecular formula is C49H46N4O9. The van der Waals surface area contributed by atoms with Gasteiger partial charge in [0.2, 0.25) is 5.91 Å². The van der Waals surface area contributed by atoms with Crippen molar-refractivity contribution in [3.8, 4) is 17.2 Å². The number of hydrogen-bond donors (Lipinski definition) is 1. The number of para-hydroxylation sites is 2. The van der Waals surface area contributed by atoms with Gasteiger partial charge >= 0.3 is 5.97 Å². The molecule has 316 valence electrons. The van der Waals surface area contributed by atoms with Crippen LogP contribution < -0.4 is 34.2 Å². The molecule has 2 atom stereocenters. The third-order valence-corrected chi connectivity index (χ3v) is 12.2. The molecule has 0 fully saturated rings. The minimum atomic E-state index is -0.675. The van der Waals surface area contributed by atoms with Crippen molar-refractivity contribution in [3.05, 3.63) is 136 Å². The molecule has 4 heterocycles. The summed E-state index contributed by atoms with van der Waals surface area (Å²) in [6.45, 7) is 2.72. The monoisotopic (exact) mass is 834 g/mol. The first-order chi connectivity index (χ1) is 30.0. The highest BCUT2D eigenvalue weighted by atomic mass is 16.5. The third kappa shape index (κ3) is 7.37. The lowest BCUT2D eigenvalue weighted by atomic mass is 9.97. The quantitative estimate of drug-likeness (QED) is 0.134. The summed E-state index contributed by atoms with van der Waals surface area (Å²) in [5.74, 6) is 0.165. The number of hydrogen-bond acceptors (Lipinski definition) is 10. The van der Waals surface area contributed by atoms with Crippen LogP contribution in [0.25, 0.3) is 0 Å². The van der Waals surface area contributed by atoms with Crippen LogP contribution in [0.2, 0.25) is 0 Å². The van der Waals surface area contributed by atoms with Crippen LogP contribution in [0, 0.1) is 6.92 Å². The molecule has 0 bridgehead atoms. The summed E-state index contributed by atoms with van der Waals surface area (Å²) in [5, 5.41) is 2.96. The van der Waals surface area contributed by atoms with E-state index < -0.39 is 12.1 Å². The van der Waals surface area contributed by atoms with Crippen molar-refractivity contribution in [3.63, 3.8) is 0 Å².